The average molecular weight is 563 g/mol. The molecule has 2 aromatic rings. The minimum absolute atomic E-state index is 0.0629. The van der Waals surface area contributed by atoms with Crippen molar-refractivity contribution in [3.05, 3.63) is 62.6 Å². The number of carbonyl (C=O) groups is 2. The number of amides is 2. The second-order valence-electron chi connectivity index (χ2n) is 8.14. The molecule has 0 aliphatic carbocycles. The molecule has 0 aromatic heterocycles. The number of nitrogens with one attached hydrogen (secondary N) is 1. The van der Waals surface area contributed by atoms with Gasteiger partial charge in [0, 0.05) is 33.7 Å². The van der Waals surface area contributed by atoms with Crippen molar-refractivity contribution < 1.29 is 18.0 Å². The molecule has 192 valence electrons. The van der Waals surface area contributed by atoms with Crippen LogP contribution in [0.2, 0.25) is 15.1 Å². The first-order chi connectivity index (χ1) is 16.4. The van der Waals surface area contributed by atoms with Crippen LogP contribution in [0.5, 0.6) is 0 Å². The fraction of sp³-hybridized carbons (Fsp3) is 0.417. The molecule has 0 bridgehead atoms. The minimum atomic E-state index is -3.85. The second kappa shape index (κ2) is 12.8. The fourth-order valence-corrected chi connectivity index (χ4v) is 5.28. The maximum atomic E-state index is 13.7. The summed E-state index contributed by atoms with van der Waals surface area (Å²) in [6.45, 7) is 5.28. The number of hydrogen-bond donors (Lipinski definition) is 1. The molecule has 11 heteroatoms. The highest BCUT2D eigenvalue weighted by molar-refractivity contribution is 7.92. The van der Waals surface area contributed by atoms with E-state index in [9.17, 15) is 18.0 Å². The molecule has 0 saturated heterocycles. The van der Waals surface area contributed by atoms with Crippen molar-refractivity contribution in [2.75, 3.05) is 23.7 Å². The molecule has 0 aliphatic rings. The van der Waals surface area contributed by atoms with Crippen molar-refractivity contribution in [2.45, 2.75) is 46.2 Å². The number of anilines is 1. The third-order valence-electron chi connectivity index (χ3n) is 5.43. The van der Waals surface area contributed by atoms with Crippen LogP contribution in [-0.2, 0) is 26.2 Å². The summed E-state index contributed by atoms with van der Waals surface area (Å²) in [5.41, 5.74) is 1.38. The highest BCUT2D eigenvalue weighted by atomic mass is 35.5. The van der Waals surface area contributed by atoms with Gasteiger partial charge in [0.05, 0.1) is 11.9 Å². The lowest BCUT2D eigenvalue weighted by molar-refractivity contribution is -0.140. The Morgan fingerprint density at radius 2 is 1.69 bits per heavy atom. The van der Waals surface area contributed by atoms with Crippen LogP contribution in [0.3, 0.4) is 0 Å². The van der Waals surface area contributed by atoms with Gasteiger partial charge >= 0.3 is 0 Å². The summed E-state index contributed by atoms with van der Waals surface area (Å²) in [5.74, 6) is -0.904. The van der Waals surface area contributed by atoms with Crippen LogP contribution in [0.1, 0.15) is 37.8 Å². The summed E-state index contributed by atoms with van der Waals surface area (Å²) >= 11 is 18.8. The molecule has 1 atom stereocenters. The van der Waals surface area contributed by atoms with Gasteiger partial charge < -0.3 is 10.2 Å². The van der Waals surface area contributed by atoms with Gasteiger partial charge in [-0.2, -0.15) is 0 Å². The molecule has 0 spiro atoms. The molecular formula is C24H30Cl3N3O4S. The van der Waals surface area contributed by atoms with Gasteiger partial charge in [-0.1, -0.05) is 54.7 Å². The Bertz CT molecular complexity index is 1150. The molecule has 1 N–H and O–H groups in total. The molecule has 0 fully saturated rings. The maximum Gasteiger partial charge on any atom is 0.244 e. The molecule has 0 unspecified atom stereocenters. The molecular weight excluding hydrogens is 533 g/mol. The van der Waals surface area contributed by atoms with Gasteiger partial charge in [-0.05, 0) is 55.7 Å². The van der Waals surface area contributed by atoms with E-state index in [0.717, 1.165) is 17.0 Å². The third kappa shape index (κ3) is 7.74. The molecule has 0 aliphatic heterocycles. The van der Waals surface area contributed by atoms with Crippen LogP contribution in [0.15, 0.2) is 36.4 Å². The van der Waals surface area contributed by atoms with Gasteiger partial charge in [0.15, 0.2) is 0 Å². The number of rotatable bonds is 11. The average Bonchev–Trinajstić information content (AvgIpc) is 2.77. The van der Waals surface area contributed by atoms with E-state index in [0.29, 0.717) is 44.8 Å². The summed E-state index contributed by atoms with van der Waals surface area (Å²) in [7, 11) is -3.85. The van der Waals surface area contributed by atoms with Gasteiger partial charge in [-0.3, -0.25) is 13.9 Å². The van der Waals surface area contributed by atoms with E-state index in [-0.39, 0.29) is 12.5 Å². The predicted octanol–water partition coefficient (Wildman–Crippen LogP) is 5.05. The molecule has 7 nitrogen and oxygen atoms in total. The number of halogens is 3. The van der Waals surface area contributed by atoms with Gasteiger partial charge in [-0.25, -0.2) is 8.42 Å². The Labute approximate surface area is 222 Å². The number of sulfonamides is 1. The number of carbonyl (C=O) groups excluding carboxylic acids is 2. The Hall–Kier alpha value is -2.00. The van der Waals surface area contributed by atoms with Crippen molar-refractivity contribution in [1.82, 2.24) is 10.2 Å². The highest BCUT2D eigenvalue weighted by Gasteiger charge is 2.32. The Balaban J connectivity index is 2.52. The fourth-order valence-electron chi connectivity index (χ4n) is 3.63. The highest BCUT2D eigenvalue weighted by Crippen LogP contribution is 2.29. The van der Waals surface area contributed by atoms with Crippen molar-refractivity contribution >= 4 is 62.3 Å². The van der Waals surface area contributed by atoms with Gasteiger partial charge in [-0.15, -0.1) is 0 Å². The van der Waals surface area contributed by atoms with E-state index in [1.165, 1.54) is 4.90 Å². The number of benzene rings is 2. The first-order valence-corrected chi connectivity index (χ1v) is 14.1. The van der Waals surface area contributed by atoms with Crippen LogP contribution in [0.25, 0.3) is 0 Å². The van der Waals surface area contributed by atoms with Gasteiger partial charge in [0.25, 0.3) is 0 Å². The lowest BCUT2D eigenvalue weighted by Gasteiger charge is -2.33. The topological polar surface area (TPSA) is 86.8 Å². The summed E-state index contributed by atoms with van der Waals surface area (Å²) in [5, 5.41) is 3.94. The monoisotopic (exact) mass is 561 g/mol. The lowest BCUT2D eigenvalue weighted by atomic mass is 10.1. The predicted molar refractivity (Wildman–Crippen MR) is 143 cm³/mol. The van der Waals surface area contributed by atoms with E-state index in [1.54, 1.807) is 50.2 Å². The van der Waals surface area contributed by atoms with Gasteiger partial charge in [0.2, 0.25) is 21.8 Å². The molecule has 0 heterocycles. The largest absolute Gasteiger partial charge is 0.354 e. The van der Waals surface area contributed by atoms with Crippen LogP contribution in [-0.4, -0.2) is 50.5 Å². The number of nitrogens with zero attached hydrogens (tertiary/aromatic N) is 2. The Morgan fingerprint density at radius 1 is 1.06 bits per heavy atom. The van der Waals surface area contributed by atoms with Crippen molar-refractivity contribution in [2.24, 2.45) is 0 Å². The van der Waals surface area contributed by atoms with Gasteiger partial charge in [0.1, 0.15) is 12.6 Å². The molecule has 2 aromatic carbocycles. The smallest absolute Gasteiger partial charge is 0.244 e. The van der Waals surface area contributed by atoms with Crippen LogP contribution in [0.4, 0.5) is 5.69 Å². The zero-order valence-corrected chi connectivity index (χ0v) is 23.2. The normalized spacial score (nSPS) is 12.2. The zero-order valence-electron chi connectivity index (χ0n) is 20.1. The lowest BCUT2D eigenvalue weighted by Crippen LogP contribution is -2.52. The quantitative estimate of drug-likeness (QED) is 0.415. The SMILES string of the molecule is CCCNC(=O)[C@H](CC)N(Cc1c(Cl)cccc1Cl)C(=O)CN(c1ccc(Cl)cc1C)S(C)(=O)=O. The molecule has 35 heavy (non-hydrogen) atoms. The third-order valence-corrected chi connectivity index (χ3v) is 7.50. The summed E-state index contributed by atoms with van der Waals surface area (Å²) < 4.78 is 26.4. The van der Waals surface area contributed by atoms with Crippen LogP contribution >= 0.6 is 34.8 Å². The standard InChI is InChI=1S/C24H30Cl3N3O4S/c1-5-12-28-24(32)21(6-2)29(14-18-19(26)8-7-9-20(18)27)23(31)15-30(35(4,33)34)22-11-10-17(25)13-16(22)3/h7-11,13,21H,5-6,12,14-15H2,1-4H3,(H,28,32)/t21-/m0/s1. The Morgan fingerprint density at radius 3 is 2.20 bits per heavy atom. The van der Waals surface area contributed by atoms with E-state index >= 15 is 0 Å². The summed E-state index contributed by atoms with van der Waals surface area (Å²) in [6.07, 6.45) is 2.06. The molecule has 0 radical (unpaired) electrons. The van der Waals surface area contributed by atoms with Crippen molar-refractivity contribution in [3.63, 3.8) is 0 Å². The maximum absolute atomic E-state index is 13.7. The zero-order chi connectivity index (χ0) is 26.3. The van der Waals surface area contributed by atoms with Crippen LogP contribution < -0.4 is 9.62 Å². The van der Waals surface area contributed by atoms with E-state index in [1.807, 2.05) is 6.92 Å². The van der Waals surface area contributed by atoms with Crippen LogP contribution in [0, 0.1) is 6.92 Å². The number of hydrogen-bond acceptors (Lipinski definition) is 4. The number of aryl methyl sites for hydroxylation is 1. The molecule has 0 saturated carbocycles. The summed E-state index contributed by atoms with van der Waals surface area (Å²) in [4.78, 5) is 28.0. The van der Waals surface area contributed by atoms with Crippen molar-refractivity contribution in [3.8, 4) is 0 Å². The first kappa shape index (κ1) is 29.2. The van der Waals surface area contributed by atoms with E-state index in [2.05, 4.69) is 5.32 Å². The Kier molecular flexibility index (Phi) is 10.7. The van der Waals surface area contributed by atoms with E-state index < -0.39 is 28.5 Å². The first-order valence-electron chi connectivity index (χ1n) is 11.1. The second-order valence-corrected chi connectivity index (χ2v) is 11.3. The molecule has 2 rings (SSSR count). The minimum Gasteiger partial charge on any atom is -0.354 e. The summed E-state index contributed by atoms with van der Waals surface area (Å²) in [6, 6.07) is 8.84. The molecule has 2 amide bonds. The van der Waals surface area contributed by atoms with E-state index in [4.69, 9.17) is 34.8 Å². The van der Waals surface area contributed by atoms with Crippen molar-refractivity contribution in [1.29, 1.82) is 0 Å².